The van der Waals surface area contributed by atoms with Crippen molar-refractivity contribution >= 4 is 11.9 Å². The Labute approximate surface area is 135 Å². The van der Waals surface area contributed by atoms with E-state index in [1.807, 2.05) is 0 Å². The van der Waals surface area contributed by atoms with Crippen LogP contribution in [0.25, 0.3) is 0 Å². The van der Waals surface area contributed by atoms with E-state index in [4.69, 9.17) is 4.74 Å². The molecule has 0 saturated heterocycles. The molecule has 1 amide bonds. The van der Waals surface area contributed by atoms with Crippen molar-refractivity contribution in [3.63, 3.8) is 0 Å². The van der Waals surface area contributed by atoms with Gasteiger partial charge < -0.3 is 10.1 Å². The van der Waals surface area contributed by atoms with Crippen LogP contribution >= 0.6 is 0 Å². The molecule has 4 nitrogen and oxygen atoms in total. The zero-order valence-corrected chi connectivity index (χ0v) is 13.5. The fourth-order valence-electron chi connectivity index (χ4n) is 2.05. The van der Waals surface area contributed by atoms with Crippen molar-refractivity contribution in [2.45, 2.75) is 52.0 Å². The molecule has 0 aliphatic carbocycles. The number of hydrogen-bond donors (Lipinski definition) is 1. The minimum absolute atomic E-state index is 0.275. The van der Waals surface area contributed by atoms with E-state index in [1.54, 1.807) is 0 Å². The molecule has 0 fully saturated rings. The second-order valence-electron chi connectivity index (χ2n) is 5.37. The first-order valence-electron chi connectivity index (χ1n) is 7.88. The summed E-state index contributed by atoms with van der Waals surface area (Å²) in [5, 5.41) is 2.25. The number of esters is 1. The third-order valence-corrected chi connectivity index (χ3v) is 3.38. The Kier molecular flexibility index (Phi) is 8.22. The van der Waals surface area contributed by atoms with Crippen LogP contribution in [-0.2, 0) is 9.53 Å². The molecule has 23 heavy (non-hydrogen) atoms. The largest absolute Gasteiger partial charge is 0.464 e. The summed E-state index contributed by atoms with van der Waals surface area (Å²) in [6.07, 6.45) is 5.10. The second-order valence-corrected chi connectivity index (χ2v) is 5.37. The first-order chi connectivity index (χ1) is 11.0. The lowest BCUT2D eigenvalue weighted by molar-refractivity contribution is -0.145. The Hall–Kier alpha value is -1.98. The normalized spacial score (nSPS) is 11.8. The maximum absolute atomic E-state index is 13.5. The minimum atomic E-state index is -0.979. The van der Waals surface area contributed by atoms with Gasteiger partial charge in [-0.25, -0.2) is 13.6 Å². The predicted octanol–water partition coefficient (Wildman–Crippen LogP) is 3.60. The highest BCUT2D eigenvalue weighted by Crippen LogP contribution is 2.12. The van der Waals surface area contributed by atoms with Gasteiger partial charge >= 0.3 is 5.97 Å². The van der Waals surface area contributed by atoms with Gasteiger partial charge in [0.15, 0.2) is 0 Å². The summed E-state index contributed by atoms with van der Waals surface area (Å²) < 4.78 is 32.0. The molecule has 1 rings (SSSR count). The molecule has 0 aliphatic rings. The van der Waals surface area contributed by atoms with Gasteiger partial charge in [0.2, 0.25) is 0 Å². The van der Waals surface area contributed by atoms with E-state index in [0.29, 0.717) is 0 Å². The number of carbonyl (C=O) groups is 2. The van der Waals surface area contributed by atoms with Crippen molar-refractivity contribution in [1.29, 1.82) is 0 Å². The number of rotatable bonds is 9. The van der Waals surface area contributed by atoms with Crippen LogP contribution in [0.4, 0.5) is 8.78 Å². The van der Waals surface area contributed by atoms with Gasteiger partial charge in [0.25, 0.3) is 5.91 Å². The van der Waals surface area contributed by atoms with Crippen LogP contribution in [0.2, 0.25) is 0 Å². The fourth-order valence-corrected chi connectivity index (χ4v) is 2.05. The lowest BCUT2D eigenvalue weighted by Crippen LogP contribution is -2.40. The molecule has 1 aromatic carbocycles. The number of carbonyl (C=O) groups excluding carboxylic acids is 2. The third-order valence-electron chi connectivity index (χ3n) is 3.38. The molecule has 1 aromatic rings. The van der Waals surface area contributed by atoms with Crippen LogP contribution in [0.3, 0.4) is 0 Å². The van der Waals surface area contributed by atoms with E-state index in [0.717, 1.165) is 50.3 Å². The van der Waals surface area contributed by atoms with Crippen LogP contribution in [0.15, 0.2) is 18.2 Å². The second kappa shape index (κ2) is 9.92. The zero-order valence-electron chi connectivity index (χ0n) is 13.5. The van der Waals surface area contributed by atoms with E-state index in [2.05, 4.69) is 12.2 Å². The highest BCUT2D eigenvalue weighted by Gasteiger charge is 2.22. The summed E-state index contributed by atoms with van der Waals surface area (Å²) in [7, 11) is 0. The third kappa shape index (κ3) is 6.34. The van der Waals surface area contributed by atoms with E-state index in [-0.39, 0.29) is 6.61 Å². The molecule has 1 unspecified atom stereocenters. The van der Waals surface area contributed by atoms with E-state index in [9.17, 15) is 18.4 Å². The van der Waals surface area contributed by atoms with Crippen molar-refractivity contribution in [1.82, 2.24) is 5.32 Å². The Morgan fingerprint density at radius 2 is 1.74 bits per heavy atom. The highest BCUT2D eigenvalue weighted by atomic mass is 19.1. The van der Waals surface area contributed by atoms with Crippen LogP contribution in [-0.4, -0.2) is 24.5 Å². The summed E-state index contributed by atoms with van der Waals surface area (Å²) in [5.74, 6) is -3.54. The zero-order chi connectivity index (χ0) is 17.2. The summed E-state index contributed by atoms with van der Waals surface area (Å²) in [6.45, 7) is 3.80. The lowest BCUT2D eigenvalue weighted by Gasteiger charge is -2.14. The van der Waals surface area contributed by atoms with Gasteiger partial charge in [0, 0.05) is 0 Å². The number of ether oxygens (including phenoxy) is 1. The average molecular weight is 327 g/mol. The molecule has 0 aliphatic heterocycles. The van der Waals surface area contributed by atoms with Crippen LogP contribution in [0.5, 0.6) is 0 Å². The van der Waals surface area contributed by atoms with Gasteiger partial charge in [0.05, 0.1) is 6.61 Å². The predicted molar refractivity (Wildman–Crippen MR) is 83.0 cm³/mol. The maximum Gasteiger partial charge on any atom is 0.328 e. The number of unbranched alkanes of at least 4 members (excludes halogenated alkanes) is 4. The number of benzene rings is 1. The van der Waals surface area contributed by atoms with Gasteiger partial charge in [-0.3, -0.25) is 4.79 Å². The van der Waals surface area contributed by atoms with Crippen molar-refractivity contribution in [3.05, 3.63) is 35.4 Å². The van der Waals surface area contributed by atoms with Crippen molar-refractivity contribution in [2.24, 2.45) is 0 Å². The summed E-state index contributed by atoms with van der Waals surface area (Å²) in [5.41, 5.74) is -0.702. The Morgan fingerprint density at radius 1 is 1.13 bits per heavy atom. The van der Waals surface area contributed by atoms with E-state index < -0.39 is 35.1 Å². The van der Waals surface area contributed by atoms with Gasteiger partial charge in [-0.15, -0.1) is 0 Å². The van der Waals surface area contributed by atoms with Gasteiger partial charge in [-0.05, 0) is 25.5 Å². The molecule has 0 saturated carbocycles. The van der Waals surface area contributed by atoms with Crippen molar-refractivity contribution < 1.29 is 23.1 Å². The van der Waals surface area contributed by atoms with Gasteiger partial charge in [-0.2, -0.15) is 0 Å². The molecule has 1 N–H and O–H groups in total. The lowest BCUT2D eigenvalue weighted by atomic mass is 10.1. The monoisotopic (exact) mass is 327 g/mol. The highest BCUT2D eigenvalue weighted by molar-refractivity contribution is 5.97. The number of nitrogens with one attached hydrogen (secondary N) is 1. The van der Waals surface area contributed by atoms with Crippen molar-refractivity contribution in [2.75, 3.05) is 6.61 Å². The molecule has 0 radical (unpaired) electrons. The molecule has 0 aromatic heterocycles. The first-order valence-corrected chi connectivity index (χ1v) is 7.88. The fraction of sp³-hybridized carbons (Fsp3) is 0.529. The SMILES string of the molecule is CCCCCCCOC(=O)C(C)NC(=O)c1c(F)cccc1F. The molecule has 0 spiro atoms. The number of hydrogen-bond acceptors (Lipinski definition) is 3. The molecular weight excluding hydrogens is 304 g/mol. The molecule has 1 atom stereocenters. The van der Waals surface area contributed by atoms with E-state index >= 15 is 0 Å². The average Bonchev–Trinajstić information content (AvgIpc) is 2.50. The molecule has 0 bridgehead atoms. The topological polar surface area (TPSA) is 55.4 Å². The first kappa shape index (κ1) is 19.1. The van der Waals surface area contributed by atoms with Crippen LogP contribution < -0.4 is 5.32 Å². The quantitative estimate of drug-likeness (QED) is 0.557. The molecular formula is C17H23F2NO3. The molecule has 0 heterocycles. The van der Waals surface area contributed by atoms with Crippen LogP contribution in [0.1, 0.15) is 56.3 Å². The Morgan fingerprint density at radius 3 is 2.35 bits per heavy atom. The van der Waals surface area contributed by atoms with Crippen molar-refractivity contribution in [3.8, 4) is 0 Å². The number of amides is 1. The summed E-state index contributed by atoms with van der Waals surface area (Å²) in [6, 6.07) is 2.16. The van der Waals surface area contributed by atoms with Crippen LogP contribution in [0, 0.1) is 11.6 Å². The maximum atomic E-state index is 13.5. The number of halogens is 2. The molecule has 128 valence electrons. The molecule has 6 heteroatoms. The summed E-state index contributed by atoms with van der Waals surface area (Å²) >= 11 is 0. The standard InChI is InChI=1S/C17H23F2NO3/c1-3-4-5-6-7-11-23-17(22)12(2)20-16(21)15-13(18)9-8-10-14(15)19/h8-10,12H,3-7,11H2,1-2H3,(H,20,21). The van der Waals surface area contributed by atoms with E-state index in [1.165, 1.54) is 6.92 Å². The van der Waals surface area contributed by atoms with Gasteiger partial charge in [-0.1, -0.05) is 38.7 Å². The Balaban J connectivity index is 2.41. The smallest absolute Gasteiger partial charge is 0.328 e. The minimum Gasteiger partial charge on any atom is -0.464 e. The summed E-state index contributed by atoms with van der Waals surface area (Å²) in [4.78, 5) is 23.6. The Bertz CT molecular complexity index is 514. The van der Waals surface area contributed by atoms with Gasteiger partial charge in [0.1, 0.15) is 23.2 Å².